The average molecular weight is 362 g/mol. The first-order valence-electron chi connectivity index (χ1n) is 7.59. The maximum absolute atomic E-state index is 6.11. The number of thiophene rings is 1. The highest BCUT2D eigenvalue weighted by molar-refractivity contribution is 7.17. The number of rotatable bonds is 3. The van der Waals surface area contributed by atoms with E-state index in [2.05, 4.69) is 27.0 Å². The molecule has 1 aliphatic rings. The molecule has 0 fully saturated rings. The number of nitrogens with zero attached hydrogens (tertiary/aromatic N) is 3. The second-order valence-corrected chi connectivity index (χ2v) is 6.85. The first-order valence-corrected chi connectivity index (χ1v) is 8.85. The zero-order valence-electron chi connectivity index (χ0n) is 13.4. The number of methoxy groups -OCH3 is 2. The fraction of sp³-hybridized carbons (Fsp3) is 0.294. The van der Waals surface area contributed by atoms with Gasteiger partial charge in [0.15, 0.2) is 17.3 Å². The van der Waals surface area contributed by atoms with Crippen molar-refractivity contribution in [3.8, 4) is 11.5 Å². The van der Waals surface area contributed by atoms with Crippen LogP contribution in [0.1, 0.15) is 11.1 Å². The summed E-state index contributed by atoms with van der Waals surface area (Å²) < 4.78 is 11.9. The van der Waals surface area contributed by atoms with Gasteiger partial charge in [0.25, 0.3) is 0 Å². The van der Waals surface area contributed by atoms with Crippen LogP contribution in [0.25, 0.3) is 10.2 Å². The predicted octanol–water partition coefficient (Wildman–Crippen LogP) is 3.92. The molecule has 4 rings (SSSR count). The number of halogens is 1. The normalized spacial score (nSPS) is 13.9. The number of benzene rings is 1. The van der Waals surface area contributed by atoms with Crippen LogP contribution >= 0.6 is 22.9 Å². The van der Waals surface area contributed by atoms with Gasteiger partial charge >= 0.3 is 0 Å². The van der Waals surface area contributed by atoms with Gasteiger partial charge in [0.1, 0.15) is 0 Å². The standard InChI is InChI=1S/C17H16ClN3O2S/c1-22-13-7-10-3-5-21(9-11(10)8-14(13)23-2)16-15-12(4-6-24-15)19-17(18)20-16/h4,6-8H,3,5,9H2,1-2H3. The molecule has 0 saturated heterocycles. The van der Waals surface area contributed by atoms with E-state index in [0.29, 0.717) is 0 Å². The van der Waals surface area contributed by atoms with Crippen LogP contribution in [0.3, 0.4) is 0 Å². The van der Waals surface area contributed by atoms with E-state index in [-0.39, 0.29) is 5.28 Å². The number of aromatic nitrogens is 2. The molecule has 3 heterocycles. The Labute approximate surface area is 148 Å². The van der Waals surface area contributed by atoms with Crippen molar-refractivity contribution >= 4 is 39.0 Å². The van der Waals surface area contributed by atoms with Gasteiger partial charge in [0.05, 0.1) is 24.4 Å². The highest BCUT2D eigenvalue weighted by atomic mass is 35.5. The highest BCUT2D eigenvalue weighted by Gasteiger charge is 2.23. The molecule has 0 saturated carbocycles. The van der Waals surface area contributed by atoms with E-state index >= 15 is 0 Å². The van der Waals surface area contributed by atoms with E-state index in [1.54, 1.807) is 25.6 Å². The lowest BCUT2D eigenvalue weighted by Gasteiger charge is -2.30. The maximum atomic E-state index is 6.11. The quantitative estimate of drug-likeness (QED) is 0.661. The van der Waals surface area contributed by atoms with Crippen LogP contribution < -0.4 is 14.4 Å². The van der Waals surface area contributed by atoms with Crippen LogP contribution in [0.2, 0.25) is 5.28 Å². The molecule has 0 amide bonds. The van der Waals surface area contributed by atoms with Crippen molar-refractivity contribution < 1.29 is 9.47 Å². The third-order valence-electron chi connectivity index (χ3n) is 4.28. The smallest absolute Gasteiger partial charge is 0.224 e. The average Bonchev–Trinajstić information content (AvgIpc) is 3.07. The molecule has 0 spiro atoms. The summed E-state index contributed by atoms with van der Waals surface area (Å²) in [6, 6.07) is 6.09. The summed E-state index contributed by atoms with van der Waals surface area (Å²) >= 11 is 7.75. The first-order chi connectivity index (χ1) is 11.7. The molecular weight excluding hydrogens is 346 g/mol. The molecule has 24 heavy (non-hydrogen) atoms. The molecule has 0 radical (unpaired) electrons. The zero-order valence-corrected chi connectivity index (χ0v) is 14.9. The van der Waals surface area contributed by atoms with Crippen LogP contribution in [-0.4, -0.2) is 30.7 Å². The zero-order chi connectivity index (χ0) is 16.7. The lowest BCUT2D eigenvalue weighted by atomic mass is 9.99. The summed E-state index contributed by atoms with van der Waals surface area (Å²) in [6.07, 6.45) is 0.921. The fourth-order valence-corrected chi connectivity index (χ4v) is 4.12. The molecule has 2 aromatic heterocycles. The van der Waals surface area contributed by atoms with Crippen molar-refractivity contribution in [1.82, 2.24) is 9.97 Å². The third kappa shape index (κ3) is 2.56. The van der Waals surface area contributed by atoms with Crippen LogP contribution in [0.4, 0.5) is 5.82 Å². The van der Waals surface area contributed by atoms with Gasteiger partial charge in [0, 0.05) is 13.1 Å². The van der Waals surface area contributed by atoms with Crippen LogP contribution in [-0.2, 0) is 13.0 Å². The number of hydrogen-bond donors (Lipinski definition) is 0. The minimum Gasteiger partial charge on any atom is -0.493 e. The number of anilines is 1. The van der Waals surface area contributed by atoms with Gasteiger partial charge in [-0.25, -0.2) is 4.98 Å². The Morgan fingerprint density at radius 1 is 1.12 bits per heavy atom. The molecule has 0 atom stereocenters. The summed E-state index contributed by atoms with van der Waals surface area (Å²) in [6.45, 7) is 1.64. The molecule has 0 unspecified atom stereocenters. The van der Waals surface area contributed by atoms with E-state index < -0.39 is 0 Å². The Kier molecular flexibility index (Phi) is 3.94. The minimum atomic E-state index is 0.286. The Bertz CT molecular complexity index is 912. The van der Waals surface area contributed by atoms with Crippen LogP contribution in [0, 0.1) is 0 Å². The molecule has 0 aliphatic carbocycles. The lowest BCUT2D eigenvalue weighted by molar-refractivity contribution is 0.353. The number of hydrogen-bond acceptors (Lipinski definition) is 6. The van der Waals surface area contributed by atoms with Gasteiger partial charge in [-0.1, -0.05) is 0 Å². The molecule has 5 nitrogen and oxygen atoms in total. The molecule has 0 bridgehead atoms. The Balaban J connectivity index is 1.74. The summed E-state index contributed by atoms with van der Waals surface area (Å²) in [5, 5.41) is 2.30. The van der Waals surface area contributed by atoms with Gasteiger partial charge in [-0.2, -0.15) is 4.98 Å². The Hall–Kier alpha value is -2.05. The summed E-state index contributed by atoms with van der Waals surface area (Å²) in [7, 11) is 3.32. The monoisotopic (exact) mass is 361 g/mol. The van der Waals surface area contributed by atoms with Crippen molar-refractivity contribution in [2.75, 3.05) is 25.7 Å². The fourth-order valence-electron chi connectivity index (χ4n) is 3.10. The third-order valence-corrected chi connectivity index (χ3v) is 5.34. The van der Waals surface area contributed by atoms with E-state index in [1.807, 2.05) is 11.4 Å². The van der Waals surface area contributed by atoms with Crippen LogP contribution in [0.15, 0.2) is 23.6 Å². The molecule has 0 N–H and O–H groups in total. The van der Waals surface area contributed by atoms with Crippen molar-refractivity contribution in [3.05, 3.63) is 40.0 Å². The SMILES string of the molecule is COc1cc2c(cc1OC)CN(c1nc(Cl)nc3ccsc13)CC2. The summed E-state index contributed by atoms with van der Waals surface area (Å²) in [5.41, 5.74) is 3.40. The predicted molar refractivity (Wildman–Crippen MR) is 96.7 cm³/mol. The Morgan fingerprint density at radius 3 is 2.62 bits per heavy atom. The van der Waals surface area contributed by atoms with E-state index in [0.717, 1.165) is 47.0 Å². The van der Waals surface area contributed by atoms with Crippen molar-refractivity contribution in [1.29, 1.82) is 0 Å². The summed E-state index contributed by atoms with van der Waals surface area (Å²) in [4.78, 5) is 11.0. The number of fused-ring (bicyclic) bond motifs is 2. The molecular formula is C17H16ClN3O2S. The Morgan fingerprint density at radius 2 is 1.88 bits per heavy atom. The minimum absolute atomic E-state index is 0.286. The van der Waals surface area contributed by atoms with Gasteiger partial charge in [-0.3, -0.25) is 0 Å². The molecule has 7 heteroatoms. The topological polar surface area (TPSA) is 47.5 Å². The molecule has 1 aliphatic heterocycles. The van der Waals surface area contributed by atoms with E-state index in [9.17, 15) is 0 Å². The molecule has 3 aromatic rings. The summed E-state index contributed by atoms with van der Waals surface area (Å²) in [5.74, 6) is 2.43. The molecule has 124 valence electrons. The van der Waals surface area contributed by atoms with Crippen molar-refractivity contribution in [3.63, 3.8) is 0 Å². The number of ether oxygens (including phenoxy) is 2. The largest absolute Gasteiger partial charge is 0.493 e. The second kappa shape index (κ2) is 6.11. The van der Waals surface area contributed by atoms with Gasteiger partial charge in [0.2, 0.25) is 5.28 Å². The van der Waals surface area contributed by atoms with Crippen molar-refractivity contribution in [2.45, 2.75) is 13.0 Å². The second-order valence-electron chi connectivity index (χ2n) is 5.60. The van der Waals surface area contributed by atoms with E-state index in [1.165, 1.54) is 11.1 Å². The van der Waals surface area contributed by atoms with Gasteiger partial charge in [-0.15, -0.1) is 11.3 Å². The van der Waals surface area contributed by atoms with Crippen LogP contribution in [0.5, 0.6) is 11.5 Å². The maximum Gasteiger partial charge on any atom is 0.224 e. The molecule has 1 aromatic carbocycles. The van der Waals surface area contributed by atoms with E-state index in [4.69, 9.17) is 21.1 Å². The van der Waals surface area contributed by atoms with Gasteiger partial charge in [-0.05, 0) is 52.7 Å². The first kappa shape index (κ1) is 15.5. The lowest BCUT2D eigenvalue weighted by Crippen LogP contribution is -2.31. The highest BCUT2D eigenvalue weighted by Crippen LogP contribution is 2.36. The van der Waals surface area contributed by atoms with Crippen molar-refractivity contribution in [2.24, 2.45) is 0 Å². The van der Waals surface area contributed by atoms with Gasteiger partial charge < -0.3 is 14.4 Å².